The van der Waals surface area contributed by atoms with Gasteiger partial charge in [-0.3, -0.25) is 19.0 Å². The standard InChI is InChI=1S/C21H17F3N6O2/c22-21(23,24)16-6-3-7-17-25-15(12-30(16)17)19(32)28-8-10-29(11-9-28)20-26-14-5-2-1-4-13(14)18(31)27-20/h1-7,12H,8-11H2,(H,26,27,31). The average Bonchev–Trinajstić information content (AvgIpc) is 3.22. The minimum Gasteiger partial charge on any atom is -0.339 e. The fraction of sp³-hybridized carbons (Fsp3) is 0.238. The first-order valence-corrected chi connectivity index (χ1v) is 9.90. The molecule has 4 aromatic rings. The van der Waals surface area contributed by atoms with Crippen LogP contribution < -0.4 is 10.5 Å². The van der Waals surface area contributed by atoms with Gasteiger partial charge in [-0.1, -0.05) is 18.2 Å². The van der Waals surface area contributed by atoms with Crippen LogP contribution in [0.4, 0.5) is 19.1 Å². The number of hydrogen-bond donors (Lipinski definition) is 1. The Kier molecular flexibility index (Phi) is 4.61. The molecule has 0 unspecified atom stereocenters. The molecule has 0 atom stereocenters. The van der Waals surface area contributed by atoms with E-state index in [-0.39, 0.29) is 16.9 Å². The molecule has 1 amide bonds. The van der Waals surface area contributed by atoms with Crippen LogP contribution in [0.1, 0.15) is 16.2 Å². The fourth-order valence-corrected chi connectivity index (χ4v) is 3.85. The summed E-state index contributed by atoms with van der Waals surface area (Å²) in [6.07, 6.45) is -3.44. The van der Waals surface area contributed by atoms with Crippen molar-refractivity contribution in [2.24, 2.45) is 0 Å². The number of nitrogens with one attached hydrogen (secondary N) is 1. The Morgan fingerprint density at radius 1 is 0.969 bits per heavy atom. The Bertz CT molecular complexity index is 1390. The highest BCUT2D eigenvalue weighted by molar-refractivity contribution is 5.93. The number of fused-ring (bicyclic) bond motifs is 2. The van der Waals surface area contributed by atoms with Crippen molar-refractivity contribution in [2.75, 3.05) is 31.1 Å². The molecule has 0 saturated carbocycles. The van der Waals surface area contributed by atoms with Gasteiger partial charge in [0.2, 0.25) is 5.95 Å². The lowest BCUT2D eigenvalue weighted by molar-refractivity contribution is -0.142. The molecule has 1 saturated heterocycles. The lowest BCUT2D eigenvalue weighted by Gasteiger charge is -2.34. The van der Waals surface area contributed by atoms with Crippen LogP contribution in [0.25, 0.3) is 16.6 Å². The second-order valence-corrected chi connectivity index (χ2v) is 7.45. The molecule has 0 radical (unpaired) electrons. The van der Waals surface area contributed by atoms with E-state index in [2.05, 4.69) is 15.0 Å². The number of aromatic nitrogens is 4. The number of amides is 1. The van der Waals surface area contributed by atoms with Crippen molar-refractivity contribution < 1.29 is 18.0 Å². The summed E-state index contributed by atoms with van der Waals surface area (Å²) in [7, 11) is 0. The number of benzene rings is 1. The lowest BCUT2D eigenvalue weighted by atomic mass is 10.2. The molecule has 1 aliphatic heterocycles. The smallest absolute Gasteiger partial charge is 0.339 e. The molecule has 3 aromatic heterocycles. The number of hydrogen-bond acceptors (Lipinski definition) is 5. The molecule has 1 fully saturated rings. The predicted molar refractivity (Wildman–Crippen MR) is 111 cm³/mol. The second kappa shape index (κ2) is 7.36. The molecule has 0 spiro atoms. The normalized spacial score (nSPS) is 15.0. The maximum atomic E-state index is 13.2. The van der Waals surface area contributed by atoms with E-state index in [4.69, 9.17) is 0 Å². The van der Waals surface area contributed by atoms with E-state index in [1.165, 1.54) is 17.0 Å². The number of carbonyl (C=O) groups is 1. The third kappa shape index (κ3) is 3.45. The molecular weight excluding hydrogens is 425 g/mol. The van der Waals surface area contributed by atoms with Gasteiger partial charge in [-0.15, -0.1) is 0 Å². The van der Waals surface area contributed by atoms with E-state index in [1.807, 2.05) is 4.90 Å². The van der Waals surface area contributed by atoms with Gasteiger partial charge in [0.25, 0.3) is 11.5 Å². The highest BCUT2D eigenvalue weighted by Crippen LogP contribution is 2.30. The predicted octanol–water partition coefficient (Wildman–Crippen LogP) is 2.55. The van der Waals surface area contributed by atoms with Gasteiger partial charge in [-0.2, -0.15) is 13.2 Å². The Hall–Kier alpha value is -3.89. The number of aromatic amines is 1. The quantitative estimate of drug-likeness (QED) is 0.516. The van der Waals surface area contributed by atoms with E-state index in [9.17, 15) is 22.8 Å². The molecule has 0 aliphatic carbocycles. The molecular formula is C21H17F3N6O2. The maximum Gasteiger partial charge on any atom is 0.431 e. The van der Waals surface area contributed by atoms with Gasteiger partial charge < -0.3 is 9.80 Å². The number of H-pyrrole nitrogens is 1. The van der Waals surface area contributed by atoms with Crippen molar-refractivity contribution in [1.82, 2.24) is 24.3 Å². The van der Waals surface area contributed by atoms with Crippen LogP contribution in [0.2, 0.25) is 0 Å². The molecule has 1 N–H and O–H groups in total. The van der Waals surface area contributed by atoms with Gasteiger partial charge in [-0.05, 0) is 24.3 Å². The Morgan fingerprint density at radius 3 is 2.47 bits per heavy atom. The fourth-order valence-electron chi connectivity index (χ4n) is 3.85. The summed E-state index contributed by atoms with van der Waals surface area (Å²) in [5, 5.41) is 0.495. The zero-order chi connectivity index (χ0) is 22.5. The summed E-state index contributed by atoms with van der Waals surface area (Å²) >= 11 is 0. The first kappa shape index (κ1) is 20.0. The van der Waals surface area contributed by atoms with Crippen molar-refractivity contribution >= 4 is 28.4 Å². The van der Waals surface area contributed by atoms with Crippen molar-refractivity contribution in [2.45, 2.75) is 6.18 Å². The number of halogens is 3. The van der Waals surface area contributed by atoms with Crippen molar-refractivity contribution in [3.05, 3.63) is 70.4 Å². The van der Waals surface area contributed by atoms with Gasteiger partial charge in [0.15, 0.2) is 0 Å². The first-order chi connectivity index (χ1) is 15.3. The molecule has 32 heavy (non-hydrogen) atoms. The summed E-state index contributed by atoms with van der Waals surface area (Å²) in [4.78, 5) is 39.9. The first-order valence-electron chi connectivity index (χ1n) is 9.90. The molecule has 1 aromatic carbocycles. The molecule has 11 heteroatoms. The third-order valence-electron chi connectivity index (χ3n) is 5.47. The highest BCUT2D eigenvalue weighted by atomic mass is 19.4. The summed E-state index contributed by atoms with van der Waals surface area (Å²) in [6.45, 7) is 1.45. The monoisotopic (exact) mass is 442 g/mol. The number of imidazole rings is 1. The van der Waals surface area contributed by atoms with Crippen LogP contribution in [0.5, 0.6) is 0 Å². The van der Waals surface area contributed by atoms with Gasteiger partial charge in [0.1, 0.15) is 17.0 Å². The van der Waals surface area contributed by atoms with Crippen LogP contribution >= 0.6 is 0 Å². The Balaban J connectivity index is 1.35. The van der Waals surface area contributed by atoms with Gasteiger partial charge in [-0.25, -0.2) is 9.97 Å². The maximum absolute atomic E-state index is 13.2. The number of piperazine rings is 1. The molecule has 164 valence electrons. The van der Waals surface area contributed by atoms with E-state index in [1.54, 1.807) is 24.3 Å². The molecule has 1 aliphatic rings. The van der Waals surface area contributed by atoms with Gasteiger partial charge >= 0.3 is 6.18 Å². The number of anilines is 1. The Labute approximate surface area is 178 Å². The zero-order valence-electron chi connectivity index (χ0n) is 16.6. The summed E-state index contributed by atoms with van der Waals surface area (Å²) in [5.41, 5.74) is -0.547. The number of pyridine rings is 1. The van der Waals surface area contributed by atoms with Gasteiger partial charge in [0.05, 0.1) is 10.9 Å². The minimum atomic E-state index is -4.56. The van der Waals surface area contributed by atoms with E-state index >= 15 is 0 Å². The lowest BCUT2D eigenvalue weighted by Crippen LogP contribution is -2.49. The van der Waals surface area contributed by atoms with Crippen molar-refractivity contribution in [1.29, 1.82) is 0 Å². The van der Waals surface area contributed by atoms with Gasteiger partial charge in [0, 0.05) is 32.4 Å². The summed E-state index contributed by atoms with van der Waals surface area (Å²) < 4.78 is 40.6. The van der Waals surface area contributed by atoms with Crippen LogP contribution in [0.15, 0.2) is 53.5 Å². The second-order valence-electron chi connectivity index (χ2n) is 7.45. The van der Waals surface area contributed by atoms with Crippen LogP contribution in [0, 0.1) is 0 Å². The Morgan fingerprint density at radius 2 is 1.72 bits per heavy atom. The van der Waals surface area contributed by atoms with E-state index < -0.39 is 17.8 Å². The number of nitrogens with zero attached hydrogens (tertiary/aromatic N) is 5. The average molecular weight is 442 g/mol. The molecule has 4 heterocycles. The topological polar surface area (TPSA) is 86.6 Å². The van der Waals surface area contributed by atoms with Crippen LogP contribution in [-0.2, 0) is 6.18 Å². The van der Waals surface area contributed by atoms with Crippen LogP contribution in [0.3, 0.4) is 0 Å². The van der Waals surface area contributed by atoms with E-state index in [0.29, 0.717) is 43.0 Å². The van der Waals surface area contributed by atoms with E-state index in [0.717, 1.165) is 16.7 Å². The largest absolute Gasteiger partial charge is 0.431 e. The van der Waals surface area contributed by atoms with Crippen molar-refractivity contribution in [3.8, 4) is 0 Å². The number of carbonyl (C=O) groups excluding carboxylic acids is 1. The van der Waals surface area contributed by atoms with Crippen molar-refractivity contribution in [3.63, 3.8) is 0 Å². The molecule has 5 rings (SSSR count). The third-order valence-corrected chi connectivity index (χ3v) is 5.47. The minimum absolute atomic E-state index is 0.0487. The summed E-state index contributed by atoms with van der Waals surface area (Å²) in [6, 6.07) is 10.6. The summed E-state index contributed by atoms with van der Waals surface area (Å²) in [5.74, 6) is -0.0233. The SMILES string of the molecule is O=C(c1cn2c(C(F)(F)F)cccc2n1)N1CCN(c2nc3ccccc3c(=O)[nH]2)CC1. The molecule has 0 bridgehead atoms. The number of rotatable bonds is 2. The highest BCUT2D eigenvalue weighted by Gasteiger charge is 2.34. The molecule has 8 nitrogen and oxygen atoms in total. The number of alkyl halides is 3. The zero-order valence-corrected chi connectivity index (χ0v) is 16.6. The van der Waals surface area contributed by atoms with Crippen LogP contribution in [-0.4, -0.2) is 56.3 Å². The number of para-hydroxylation sites is 1.